The second-order valence-electron chi connectivity index (χ2n) is 6.19. The minimum absolute atomic E-state index is 0.347. The Morgan fingerprint density at radius 3 is 2.50 bits per heavy atom. The maximum atomic E-state index is 4.19. The van der Waals surface area contributed by atoms with Crippen molar-refractivity contribution in [2.45, 2.75) is 43.7 Å². The standard InChI is InChI=1S/C18H24N2S2/c1-15-10-16(2)12-17(11-15)4-3-5-18(21-8-9-22-18)13-20-7-6-19-14-20/h6-7,10-12,14H,3-5,8-9,13H2,1-2H3. The molecular formula is C18H24N2S2. The predicted molar refractivity (Wildman–Crippen MR) is 98.7 cm³/mol. The number of hydrogen-bond acceptors (Lipinski definition) is 3. The molecule has 2 aromatic rings. The normalized spacial score (nSPS) is 17.0. The molecule has 1 aliphatic heterocycles. The third-order valence-corrected chi connectivity index (χ3v) is 7.60. The van der Waals surface area contributed by atoms with Crippen LogP contribution in [0.3, 0.4) is 0 Å². The van der Waals surface area contributed by atoms with Gasteiger partial charge in [-0.3, -0.25) is 0 Å². The Labute approximate surface area is 142 Å². The van der Waals surface area contributed by atoms with Crippen molar-refractivity contribution in [3.63, 3.8) is 0 Å². The van der Waals surface area contributed by atoms with Gasteiger partial charge in [0.25, 0.3) is 0 Å². The Balaban J connectivity index is 1.60. The molecule has 4 heteroatoms. The van der Waals surface area contributed by atoms with Crippen LogP contribution >= 0.6 is 23.5 Å². The van der Waals surface area contributed by atoms with E-state index < -0.39 is 0 Å². The predicted octanol–water partition coefficient (Wildman–Crippen LogP) is 4.70. The second-order valence-corrected chi connectivity index (χ2v) is 9.41. The third-order valence-electron chi connectivity index (χ3n) is 4.10. The van der Waals surface area contributed by atoms with Crippen LogP contribution in [0.1, 0.15) is 29.5 Å². The first-order valence-electron chi connectivity index (χ1n) is 7.96. The number of aryl methyl sites for hydroxylation is 3. The molecule has 0 amide bonds. The van der Waals surface area contributed by atoms with E-state index >= 15 is 0 Å². The van der Waals surface area contributed by atoms with Gasteiger partial charge in [0, 0.05) is 30.4 Å². The lowest BCUT2D eigenvalue weighted by atomic mass is 10.0. The minimum atomic E-state index is 0.347. The van der Waals surface area contributed by atoms with Crippen LogP contribution in [0.5, 0.6) is 0 Å². The molecule has 1 saturated heterocycles. The monoisotopic (exact) mass is 332 g/mol. The van der Waals surface area contributed by atoms with Crippen LogP contribution in [-0.4, -0.2) is 25.1 Å². The van der Waals surface area contributed by atoms with Crippen molar-refractivity contribution in [1.82, 2.24) is 9.55 Å². The van der Waals surface area contributed by atoms with Crippen molar-refractivity contribution >= 4 is 23.5 Å². The molecule has 0 atom stereocenters. The Morgan fingerprint density at radius 1 is 1.14 bits per heavy atom. The fraction of sp³-hybridized carbons (Fsp3) is 0.500. The van der Waals surface area contributed by atoms with Gasteiger partial charge in [-0.25, -0.2) is 4.98 Å². The minimum Gasteiger partial charge on any atom is -0.335 e. The summed E-state index contributed by atoms with van der Waals surface area (Å²) in [4.78, 5) is 4.19. The van der Waals surface area contributed by atoms with Gasteiger partial charge < -0.3 is 4.57 Å². The van der Waals surface area contributed by atoms with Crippen LogP contribution < -0.4 is 0 Å². The summed E-state index contributed by atoms with van der Waals surface area (Å²) in [5.41, 5.74) is 4.25. The highest BCUT2D eigenvalue weighted by molar-refractivity contribution is 8.21. The highest BCUT2D eigenvalue weighted by Gasteiger charge is 2.35. The number of imidazole rings is 1. The summed E-state index contributed by atoms with van der Waals surface area (Å²) in [7, 11) is 0. The van der Waals surface area contributed by atoms with Gasteiger partial charge in [0.05, 0.1) is 10.4 Å². The van der Waals surface area contributed by atoms with Gasteiger partial charge in [0.15, 0.2) is 0 Å². The molecule has 0 N–H and O–H groups in total. The first kappa shape index (κ1) is 16.0. The van der Waals surface area contributed by atoms with E-state index in [1.807, 2.05) is 12.5 Å². The lowest BCUT2D eigenvalue weighted by molar-refractivity contribution is 0.572. The van der Waals surface area contributed by atoms with E-state index in [2.05, 4.69) is 71.3 Å². The van der Waals surface area contributed by atoms with E-state index in [1.54, 1.807) is 0 Å². The number of benzene rings is 1. The summed E-state index contributed by atoms with van der Waals surface area (Å²) in [6.07, 6.45) is 9.64. The molecule has 118 valence electrons. The molecule has 1 aromatic carbocycles. The zero-order valence-corrected chi connectivity index (χ0v) is 15.1. The van der Waals surface area contributed by atoms with E-state index in [0.29, 0.717) is 4.08 Å². The summed E-state index contributed by atoms with van der Waals surface area (Å²) in [6, 6.07) is 6.93. The molecule has 2 nitrogen and oxygen atoms in total. The molecule has 1 fully saturated rings. The smallest absolute Gasteiger partial charge is 0.0946 e. The van der Waals surface area contributed by atoms with Crippen molar-refractivity contribution in [1.29, 1.82) is 0 Å². The van der Waals surface area contributed by atoms with Crippen molar-refractivity contribution in [2.24, 2.45) is 0 Å². The number of hydrogen-bond donors (Lipinski definition) is 0. The largest absolute Gasteiger partial charge is 0.335 e. The van der Waals surface area contributed by atoms with E-state index in [1.165, 1.54) is 47.5 Å². The zero-order valence-electron chi connectivity index (χ0n) is 13.4. The molecule has 0 aliphatic carbocycles. The quantitative estimate of drug-likeness (QED) is 0.763. The van der Waals surface area contributed by atoms with Crippen LogP contribution in [-0.2, 0) is 13.0 Å². The highest BCUT2D eigenvalue weighted by Crippen LogP contribution is 2.48. The van der Waals surface area contributed by atoms with Crippen LogP contribution in [0.25, 0.3) is 0 Å². The van der Waals surface area contributed by atoms with Gasteiger partial charge in [-0.15, -0.1) is 23.5 Å². The lowest BCUT2D eigenvalue weighted by Crippen LogP contribution is -2.24. The van der Waals surface area contributed by atoms with E-state index in [0.717, 1.165) is 6.54 Å². The molecule has 1 aromatic heterocycles. The maximum absolute atomic E-state index is 4.19. The fourth-order valence-corrected chi connectivity index (χ4v) is 6.55. The first-order chi connectivity index (χ1) is 10.7. The Morgan fingerprint density at radius 2 is 1.86 bits per heavy atom. The number of rotatable bonds is 6. The number of aromatic nitrogens is 2. The third kappa shape index (κ3) is 4.11. The van der Waals surface area contributed by atoms with E-state index in [-0.39, 0.29) is 0 Å². The van der Waals surface area contributed by atoms with E-state index in [4.69, 9.17) is 0 Å². The zero-order chi connectivity index (χ0) is 15.4. The van der Waals surface area contributed by atoms with Gasteiger partial charge in [0.1, 0.15) is 0 Å². The van der Waals surface area contributed by atoms with Crippen LogP contribution in [0.2, 0.25) is 0 Å². The Hall–Kier alpha value is -0.870. The molecule has 1 aliphatic rings. The van der Waals surface area contributed by atoms with Gasteiger partial charge in [-0.2, -0.15) is 0 Å². The fourth-order valence-electron chi connectivity index (χ4n) is 3.25. The summed E-state index contributed by atoms with van der Waals surface area (Å²) in [6.45, 7) is 5.47. The Kier molecular flexibility index (Phi) is 5.19. The molecule has 0 saturated carbocycles. The maximum Gasteiger partial charge on any atom is 0.0946 e. The molecule has 0 spiro atoms. The van der Waals surface area contributed by atoms with Gasteiger partial charge >= 0.3 is 0 Å². The van der Waals surface area contributed by atoms with Gasteiger partial charge in [-0.1, -0.05) is 29.3 Å². The number of nitrogens with zero attached hydrogens (tertiary/aromatic N) is 2. The summed E-state index contributed by atoms with van der Waals surface area (Å²) in [5, 5.41) is 0. The average molecular weight is 333 g/mol. The van der Waals surface area contributed by atoms with Crippen molar-refractivity contribution < 1.29 is 0 Å². The topological polar surface area (TPSA) is 17.8 Å². The molecule has 3 rings (SSSR count). The van der Waals surface area contributed by atoms with E-state index in [9.17, 15) is 0 Å². The molecule has 0 unspecified atom stereocenters. The lowest BCUT2D eigenvalue weighted by Gasteiger charge is -2.27. The number of thioether (sulfide) groups is 2. The van der Waals surface area contributed by atoms with Crippen molar-refractivity contribution in [3.8, 4) is 0 Å². The van der Waals surface area contributed by atoms with Crippen molar-refractivity contribution in [2.75, 3.05) is 11.5 Å². The average Bonchev–Trinajstić information content (AvgIpc) is 3.10. The van der Waals surface area contributed by atoms with Crippen LogP contribution in [0.15, 0.2) is 36.9 Å². The Bertz CT molecular complexity index is 581. The highest BCUT2D eigenvalue weighted by atomic mass is 32.2. The second kappa shape index (κ2) is 7.14. The SMILES string of the molecule is Cc1cc(C)cc(CCCC2(Cn3ccnc3)SCCS2)c1. The van der Waals surface area contributed by atoms with Gasteiger partial charge in [-0.05, 0) is 38.7 Å². The molecule has 0 bridgehead atoms. The first-order valence-corrected chi connectivity index (χ1v) is 9.93. The summed E-state index contributed by atoms with van der Waals surface area (Å²) in [5.74, 6) is 2.56. The molecular weight excluding hydrogens is 308 g/mol. The summed E-state index contributed by atoms with van der Waals surface area (Å²) < 4.78 is 2.59. The van der Waals surface area contributed by atoms with Crippen LogP contribution in [0, 0.1) is 13.8 Å². The summed E-state index contributed by atoms with van der Waals surface area (Å²) >= 11 is 4.29. The van der Waals surface area contributed by atoms with Gasteiger partial charge in [0.2, 0.25) is 0 Å². The van der Waals surface area contributed by atoms with Crippen molar-refractivity contribution in [3.05, 3.63) is 53.6 Å². The van der Waals surface area contributed by atoms with Crippen LogP contribution in [0.4, 0.5) is 0 Å². The molecule has 2 heterocycles. The molecule has 22 heavy (non-hydrogen) atoms. The molecule has 0 radical (unpaired) electrons.